The number of ether oxygens (including phenoxy) is 2. The molecule has 1 heterocycles. The Morgan fingerprint density at radius 2 is 1.85 bits per heavy atom. The highest BCUT2D eigenvalue weighted by molar-refractivity contribution is 9.10. The number of benzene rings is 3. The quantitative estimate of drug-likeness (QED) is 0.455. The van der Waals surface area contributed by atoms with E-state index in [0.29, 0.717) is 5.90 Å². The van der Waals surface area contributed by atoms with E-state index in [-0.39, 0.29) is 5.70 Å². The number of nitrogens with zero attached hydrogens (tertiary/aromatic N) is 1. The lowest BCUT2D eigenvalue weighted by Crippen LogP contribution is -2.05. The standard InChI is InChI=1S/C21H14BrNO3/c1-25-19-9-6-13(10-17(19)22)11-18-21(24)26-20(23-18)16-8-7-14-4-2-3-5-15(14)12-16/h2-12H,1H3/b18-11-. The highest BCUT2D eigenvalue weighted by atomic mass is 79.9. The van der Waals surface area contributed by atoms with Crippen molar-refractivity contribution in [3.05, 3.63) is 82.0 Å². The summed E-state index contributed by atoms with van der Waals surface area (Å²) in [5.41, 5.74) is 1.87. The lowest BCUT2D eigenvalue weighted by atomic mass is 10.1. The van der Waals surface area contributed by atoms with Gasteiger partial charge in [0.1, 0.15) is 5.75 Å². The third-order valence-electron chi connectivity index (χ3n) is 4.10. The first-order valence-electron chi connectivity index (χ1n) is 7.99. The van der Waals surface area contributed by atoms with Gasteiger partial charge in [0.15, 0.2) is 5.70 Å². The van der Waals surface area contributed by atoms with Gasteiger partial charge in [0.05, 0.1) is 11.6 Å². The summed E-state index contributed by atoms with van der Waals surface area (Å²) in [5.74, 6) is 0.584. The van der Waals surface area contributed by atoms with Crippen LogP contribution in [0.1, 0.15) is 11.1 Å². The van der Waals surface area contributed by atoms with Crippen molar-refractivity contribution in [3.8, 4) is 5.75 Å². The maximum absolute atomic E-state index is 12.2. The number of aliphatic imine (C=N–C) groups is 1. The van der Waals surface area contributed by atoms with Crippen LogP contribution in [0.5, 0.6) is 5.75 Å². The van der Waals surface area contributed by atoms with Crippen molar-refractivity contribution in [1.29, 1.82) is 0 Å². The third kappa shape index (κ3) is 3.13. The van der Waals surface area contributed by atoms with Crippen molar-refractivity contribution < 1.29 is 14.3 Å². The summed E-state index contributed by atoms with van der Waals surface area (Å²) in [4.78, 5) is 16.6. The Bertz CT molecular complexity index is 1090. The molecule has 0 bridgehead atoms. The lowest BCUT2D eigenvalue weighted by molar-refractivity contribution is -0.129. The fourth-order valence-corrected chi connectivity index (χ4v) is 3.34. The van der Waals surface area contributed by atoms with Crippen LogP contribution in [0.15, 0.2) is 75.8 Å². The number of methoxy groups -OCH3 is 1. The molecular formula is C21H14BrNO3. The molecule has 1 aliphatic heterocycles. The van der Waals surface area contributed by atoms with Gasteiger partial charge >= 0.3 is 5.97 Å². The molecule has 0 N–H and O–H groups in total. The number of hydrogen-bond donors (Lipinski definition) is 0. The summed E-state index contributed by atoms with van der Waals surface area (Å²) < 4.78 is 11.4. The van der Waals surface area contributed by atoms with Crippen LogP contribution >= 0.6 is 15.9 Å². The van der Waals surface area contributed by atoms with E-state index in [1.807, 2.05) is 60.7 Å². The molecule has 4 rings (SSSR count). The minimum Gasteiger partial charge on any atom is -0.496 e. The Morgan fingerprint density at radius 3 is 2.62 bits per heavy atom. The van der Waals surface area contributed by atoms with Crippen molar-refractivity contribution in [2.45, 2.75) is 0 Å². The Balaban J connectivity index is 1.69. The second kappa shape index (κ2) is 6.77. The van der Waals surface area contributed by atoms with Crippen LogP contribution in [0.25, 0.3) is 16.8 Å². The number of carbonyl (C=O) groups is 1. The van der Waals surface area contributed by atoms with Crippen LogP contribution in [0.4, 0.5) is 0 Å². The summed E-state index contributed by atoms with van der Waals surface area (Å²) >= 11 is 3.44. The Hall–Kier alpha value is -2.92. The molecule has 0 saturated carbocycles. The van der Waals surface area contributed by atoms with Crippen LogP contribution in [0.3, 0.4) is 0 Å². The summed E-state index contributed by atoms with van der Waals surface area (Å²) in [6.45, 7) is 0. The topological polar surface area (TPSA) is 47.9 Å². The predicted octanol–water partition coefficient (Wildman–Crippen LogP) is 4.96. The number of esters is 1. The molecule has 0 amide bonds. The fourth-order valence-electron chi connectivity index (χ4n) is 2.79. The highest BCUT2D eigenvalue weighted by Gasteiger charge is 2.24. The molecule has 1 aliphatic rings. The van der Waals surface area contributed by atoms with E-state index in [1.54, 1.807) is 13.2 Å². The molecular weight excluding hydrogens is 394 g/mol. The monoisotopic (exact) mass is 407 g/mol. The zero-order chi connectivity index (χ0) is 18.1. The average Bonchev–Trinajstić information content (AvgIpc) is 3.02. The van der Waals surface area contributed by atoms with E-state index in [4.69, 9.17) is 9.47 Å². The van der Waals surface area contributed by atoms with Gasteiger partial charge in [-0.3, -0.25) is 0 Å². The normalized spacial score (nSPS) is 15.2. The third-order valence-corrected chi connectivity index (χ3v) is 4.72. The molecule has 0 fully saturated rings. The van der Waals surface area contributed by atoms with Gasteiger partial charge in [0.25, 0.3) is 0 Å². The molecule has 4 nitrogen and oxygen atoms in total. The number of hydrogen-bond acceptors (Lipinski definition) is 4. The largest absolute Gasteiger partial charge is 0.496 e. The average molecular weight is 408 g/mol. The van der Waals surface area contributed by atoms with Gasteiger partial charge in [-0.15, -0.1) is 0 Å². The minimum atomic E-state index is -0.458. The van der Waals surface area contributed by atoms with E-state index in [0.717, 1.165) is 32.1 Å². The number of carbonyl (C=O) groups excluding carboxylic acids is 1. The molecule has 0 radical (unpaired) electrons. The number of cyclic esters (lactones) is 1. The van der Waals surface area contributed by atoms with Crippen LogP contribution < -0.4 is 4.74 Å². The van der Waals surface area contributed by atoms with Crippen LogP contribution in [-0.2, 0) is 9.53 Å². The first kappa shape index (κ1) is 16.5. The molecule has 0 unspecified atom stereocenters. The molecule has 0 atom stereocenters. The van der Waals surface area contributed by atoms with Crippen LogP contribution in [-0.4, -0.2) is 19.0 Å². The first-order chi connectivity index (χ1) is 12.6. The minimum absolute atomic E-state index is 0.269. The van der Waals surface area contributed by atoms with Gasteiger partial charge in [-0.05, 0) is 62.6 Å². The molecule has 3 aromatic rings. The van der Waals surface area contributed by atoms with Crippen molar-refractivity contribution in [1.82, 2.24) is 0 Å². The van der Waals surface area contributed by atoms with Crippen LogP contribution in [0.2, 0.25) is 0 Å². The summed E-state index contributed by atoms with van der Waals surface area (Å²) in [6.07, 6.45) is 1.70. The van der Waals surface area contributed by atoms with Crippen molar-refractivity contribution >= 4 is 44.6 Å². The number of rotatable bonds is 3. The van der Waals surface area contributed by atoms with E-state index >= 15 is 0 Å². The van der Waals surface area contributed by atoms with Crippen molar-refractivity contribution in [2.75, 3.05) is 7.11 Å². The molecule has 128 valence electrons. The smallest absolute Gasteiger partial charge is 0.363 e. The summed E-state index contributed by atoms with van der Waals surface area (Å²) in [6, 6.07) is 19.4. The Labute approximate surface area is 158 Å². The molecule has 0 aliphatic carbocycles. The maximum Gasteiger partial charge on any atom is 0.363 e. The van der Waals surface area contributed by atoms with E-state index in [2.05, 4.69) is 20.9 Å². The fraction of sp³-hybridized carbons (Fsp3) is 0.0476. The molecule has 3 aromatic carbocycles. The van der Waals surface area contributed by atoms with Crippen molar-refractivity contribution in [2.24, 2.45) is 4.99 Å². The van der Waals surface area contributed by atoms with Gasteiger partial charge in [0.2, 0.25) is 5.90 Å². The van der Waals surface area contributed by atoms with Crippen LogP contribution in [0, 0.1) is 0 Å². The van der Waals surface area contributed by atoms with E-state index in [9.17, 15) is 4.79 Å². The number of halogens is 1. The van der Waals surface area contributed by atoms with Gasteiger partial charge < -0.3 is 9.47 Å². The summed E-state index contributed by atoms with van der Waals surface area (Å²) in [5, 5.41) is 2.19. The molecule has 0 saturated heterocycles. The van der Waals surface area contributed by atoms with E-state index < -0.39 is 5.97 Å². The first-order valence-corrected chi connectivity index (χ1v) is 8.78. The zero-order valence-corrected chi connectivity index (χ0v) is 15.5. The van der Waals surface area contributed by atoms with Gasteiger partial charge in [-0.2, -0.15) is 0 Å². The maximum atomic E-state index is 12.2. The van der Waals surface area contributed by atoms with Crippen molar-refractivity contribution in [3.63, 3.8) is 0 Å². The van der Waals surface area contributed by atoms with Gasteiger partial charge in [-0.25, -0.2) is 9.79 Å². The molecule has 0 aromatic heterocycles. The second-order valence-electron chi connectivity index (χ2n) is 5.79. The Morgan fingerprint density at radius 1 is 1.04 bits per heavy atom. The highest BCUT2D eigenvalue weighted by Crippen LogP contribution is 2.28. The Kier molecular flexibility index (Phi) is 4.31. The molecule has 0 spiro atoms. The molecule has 5 heteroatoms. The second-order valence-corrected chi connectivity index (χ2v) is 6.65. The number of fused-ring (bicyclic) bond motifs is 1. The van der Waals surface area contributed by atoms with Gasteiger partial charge in [-0.1, -0.05) is 36.4 Å². The molecule has 26 heavy (non-hydrogen) atoms. The predicted molar refractivity (Wildman–Crippen MR) is 105 cm³/mol. The summed E-state index contributed by atoms with van der Waals surface area (Å²) in [7, 11) is 1.60. The van der Waals surface area contributed by atoms with Gasteiger partial charge in [0, 0.05) is 5.56 Å². The SMILES string of the molecule is COc1ccc(/C=C2\N=C(c3ccc4ccccc4c3)OC2=O)cc1Br. The van der Waals surface area contributed by atoms with E-state index in [1.165, 1.54) is 0 Å². The zero-order valence-electron chi connectivity index (χ0n) is 13.9. The lowest BCUT2D eigenvalue weighted by Gasteiger charge is -2.03.